The first-order valence-corrected chi connectivity index (χ1v) is 8.95. The third-order valence-corrected chi connectivity index (χ3v) is 5.14. The van der Waals surface area contributed by atoms with Gasteiger partial charge >= 0.3 is 6.03 Å². The van der Waals surface area contributed by atoms with E-state index in [9.17, 15) is 9.90 Å². The molecule has 2 amide bonds. The van der Waals surface area contributed by atoms with Gasteiger partial charge in [0.1, 0.15) is 0 Å². The van der Waals surface area contributed by atoms with Crippen LogP contribution in [0.1, 0.15) is 45.4 Å². The van der Waals surface area contributed by atoms with E-state index in [0.29, 0.717) is 6.54 Å². The molecule has 0 radical (unpaired) electrons. The molecule has 2 N–H and O–H groups in total. The van der Waals surface area contributed by atoms with Crippen molar-refractivity contribution < 1.29 is 9.90 Å². The van der Waals surface area contributed by atoms with Crippen LogP contribution in [0.4, 0.5) is 4.79 Å². The Kier molecular flexibility index (Phi) is 6.96. The van der Waals surface area contributed by atoms with E-state index in [1.807, 2.05) is 7.05 Å². The topological polar surface area (TPSA) is 55.8 Å². The third-order valence-electron chi connectivity index (χ3n) is 5.14. The molecule has 3 unspecified atom stereocenters. The van der Waals surface area contributed by atoms with Gasteiger partial charge in [-0.2, -0.15) is 0 Å². The maximum atomic E-state index is 12.1. The molecule has 1 heterocycles. The van der Waals surface area contributed by atoms with Crippen LogP contribution in [0.15, 0.2) is 0 Å². The molecule has 0 spiro atoms. The van der Waals surface area contributed by atoms with Crippen molar-refractivity contribution in [2.75, 3.05) is 39.8 Å². The molecule has 0 aromatic heterocycles. The van der Waals surface area contributed by atoms with Gasteiger partial charge in [0.15, 0.2) is 0 Å². The number of urea groups is 1. The smallest absolute Gasteiger partial charge is 0.317 e. The van der Waals surface area contributed by atoms with Crippen molar-refractivity contribution in [3.8, 4) is 0 Å². The van der Waals surface area contributed by atoms with Crippen molar-refractivity contribution in [2.45, 2.75) is 51.6 Å². The molecule has 1 aliphatic heterocycles. The second-order valence-electron chi connectivity index (χ2n) is 7.27. The van der Waals surface area contributed by atoms with E-state index in [1.54, 1.807) is 4.90 Å². The lowest BCUT2D eigenvalue weighted by Crippen LogP contribution is -2.42. The first-order valence-electron chi connectivity index (χ1n) is 8.95. The largest absolute Gasteiger partial charge is 0.393 e. The van der Waals surface area contributed by atoms with Crippen molar-refractivity contribution >= 4 is 6.03 Å². The predicted molar refractivity (Wildman–Crippen MR) is 88.8 cm³/mol. The second-order valence-corrected chi connectivity index (χ2v) is 7.27. The first kappa shape index (κ1) is 17.5. The Hall–Kier alpha value is -0.810. The number of aliphatic hydroxyl groups is 1. The van der Waals surface area contributed by atoms with Crippen molar-refractivity contribution in [3.05, 3.63) is 0 Å². The van der Waals surface area contributed by atoms with Gasteiger partial charge < -0.3 is 20.2 Å². The number of piperidine rings is 1. The van der Waals surface area contributed by atoms with Crippen LogP contribution >= 0.6 is 0 Å². The van der Waals surface area contributed by atoms with E-state index < -0.39 is 0 Å². The highest BCUT2D eigenvalue weighted by molar-refractivity contribution is 5.73. The van der Waals surface area contributed by atoms with Crippen molar-refractivity contribution in [1.82, 2.24) is 15.1 Å². The van der Waals surface area contributed by atoms with Crippen LogP contribution in [-0.2, 0) is 0 Å². The summed E-state index contributed by atoms with van der Waals surface area (Å²) >= 11 is 0. The van der Waals surface area contributed by atoms with Gasteiger partial charge in [-0.05, 0) is 51.1 Å². The Bertz CT molecular complexity index is 351. The molecule has 2 rings (SSSR count). The summed E-state index contributed by atoms with van der Waals surface area (Å²) in [7, 11) is 1.83. The molecule has 0 aromatic rings. The molecule has 0 bridgehead atoms. The molecule has 2 aliphatic rings. The Morgan fingerprint density at radius 2 is 2.14 bits per heavy atom. The Balaban J connectivity index is 1.56. The van der Waals surface area contributed by atoms with E-state index in [2.05, 4.69) is 17.1 Å². The molecule has 2 fully saturated rings. The molecule has 128 valence electrons. The number of hydrogen-bond donors (Lipinski definition) is 2. The number of nitrogens with zero attached hydrogens (tertiary/aromatic N) is 2. The molecule has 1 saturated heterocycles. The molecule has 5 heteroatoms. The van der Waals surface area contributed by atoms with Gasteiger partial charge in [-0.15, -0.1) is 0 Å². The van der Waals surface area contributed by atoms with Crippen molar-refractivity contribution in [3.63, 3.8) is 0 Å². The summed E-state index contributed by atoms with van der Waals surface area (Å²) in [5.74, 6) is 1.07. The van der Waals surface area contributed by atoms with Crippen LogP contribution in [0.3, 0.4) is 0 Å². The predicted octanol–water partition coefficient (Wildman–Crippen LogP) is 1.91. The van der Waals surface area contributed by atoms with Crippen LogP contribution in [0, 0.1) is 11.8 Å². The van der Waals surface area contributed by atoms with Gasteiger partial charge in [-0.3, -0.25) is 0 Å². The Labute approximate surface area is 135 Å². The van der Waals surface area contributed by atoms with Gasteiger partial charge in [0, 0.05) is 32.6 Å². The van der Waals surface area contributed by atoms with Crippen LogP contribution in [0.25, 0.3) is 0 Å². The van der Waals surface area contributed by atoms with Gasteiger partial charge in [0.25, 0.3) is 0 Å². The van der Waals surface area contributed by atoms with Crippen LogP contribution in [0.2, 0.25) is 0 Å². The van der Waals surface area contributed by atoms with Gasteiger partial charge in [0.2, 0.25) is 0 Å². The van der Waals surface area contributed by atoms with E-state index in [-0.39, 0.29) is 18.1 Å². The zero-order valence-electron chi connectivity index (χ0n) is 14.3. The molecular formula is C17H33N3O2. The fourth-order valence-corrected chi connectivity index (χ4v) is 3.79. The third kappa shape index (κ3) is 5.43. The Morgan fingerprint density at radius 1 is 1.32 bits per heavy atom. The maximum Gasteiger partial charge on any atom is 0.317 e. The molecule has 5 nitrogen and oxygen atoms in total. The summed E-state index contributed by atoms with van der Waals surface area (Å²) in [6.45, 7) is 7.21. The van der Waals surface area contributed by atoms with Crippen molar-refractivity contribution in [1.29, 1.82) is 0 Å². The standard InChI is InChI=1S/C17H33N3O2/c1-14-6-4-10-20(12-14)11-5-9-18-17(22)19(2)13-15-7-3-8-16(15)21/h14-16,21H,3-13H2,1-2H3,(H,18,22). The van der Waals surface area contributed by atoms with Crippen LogP contribution in [0.5, 0.6) is 0 Å². The first-order chi connectivity index (χ1) is 10.6. The number of amides is 2. The van der Waals surface area contributed by atoms with E-state index in [0.717, 1.165) is 44.7 Å². The number of likely N-dealkylation sites (tertiary alicyclic amines) is 1. The number of aliphatic hydroxyl groups excluding tert-OH is 1. The summed E-state index contributed by atoms with van der Waals surface area (Å²) in [5, 5.41) is 12.8. The summed E-state index contributed by atoms with van der Waals surface area (Å²) in [6, 6.07) is -0.00823. The van der Waals surface area contributed by atoms with Crippen LogP contribution in [-0.4, -0.2) is 66.8 Å². The highest BCUT2D eigenvalue weighted by Gasteiger charge is 2.27. The molecule has 22 heavy (non-hydrogen) atoms. The maximum absolute atomic E-state index is 12.1. The summed E-state index contributed by atoms with van der Waals surface area (Å²) < 4.78 is 0. The monoisotopic (exact) mass is 311 g/mol. The SMILES string of the molecule is CC1CCCN(CCCNC(=O)N(C)CC2CCCC2O)C1. The second kappa shape index (κ2) is 8.73. The number of rotatable bonds is 6. The molecule has 1 aliphatic carbocycles. The lowest BCUT2D eigenvalue weighted by Gasteiger charge is -2.30. The number of carbonyl (C=O) groups excluding carboxylic acids is 1. The minimum absolute atomic E-state index is 0.00823. The van der Waals surface area contributed by atoms with Gasteiger partial charge in [-0.1, -0.05) is 13.3 Å². The molecule has 0 aromatic carbocycles. The Morgan fingerprint density at radius 3 is 2.82 bits per heavy atom. The molecule has 1 saturated carbocycles. The van der Waals surface area contributed by atoms with E-state index >= 15 is 0 Å². The highest BCUT2D eigenvalue weighted by atomic mass is 16.3. The van der Waals surface area contributed by atoms with Gasteiger partial charge in [-0.25, -0.2) is 4.79 Å². The number of nitrogens with one attached hydrogen (secondary N) is 1. The van der Waals surface area contributed by atoms with Crippen LogP contribution < -0.4 is 5.32 Å². The van der Waals surface area contributed by atoms with E-state index in [1.165, 1.54) is 25.9 Å². The fraction of sp³-hybridized carbons (Fsp3) is 0.941. The highest BCUT2D eigenvalue weighted by Crippen LogP contribution is 2.25. The van der Waals surface area contributed by atoms with Gasteiger partial charge in [0.05, 0.1) is 6.10 Å². The molecule has 3 atom stereocenters. The normalized spacial score (nSPS) is 29.5. The summed E-state index contributed by atoms with van der Waals surface area (Å²) in [5.41, 5.74) is 0. The number of hydrogen-bond acceptors (Lipinski definition) is 3. The zero-order valence-corrected chi connectivity index (χ0v) is 14.3. The zero-order chi connectivity index (χ0) is 15.9. The minimum atomic E-state index is -0.226. The average molecular weight is 311 g/mol. The van der Waals surface area contributed by atoms with Crippen molar-refractivity contribution in [2.24, 2.45) is 11.8 Å². The van der Waals surface area contributed by atoms with E-state index in [4.69, 9.17) is 0 Å². The minimum Gasteiger partial charge on any atom is -0.393 e. The lowest BCUT2D eigenvalue weighted by atomic mass is 10.0. The summed E-state index contributed by atoms with van der Waals surface area (Å²) in [4.78, 5) is 16.3. The quantitative estimate of drug-likeness (QED) is 0.737. The average Bonchev–Trinajstić information content (AvgIpc) is 2.88. The number of carbonyl (C=O) groups is 1. The summed E-state index contributed by atoms with van der Waals surface area (Å²) in [6.07, 6.45) is 6.44. The fourth-order valence-electron chi connectivity index (χ4n) is 3.79. The lowest BCUT2D eigenvalue weighted by molar-refractivity contribution is 0.114. The molecular weight excluding hydrogens is 278 g/mol.